The lowest BCUT2D eigenvalue weighted by Gasteiger charge is -2.06. The quantitative estimate of drug-likeness (QED) is 0.485. The van der Waals surface area contributed by atoms with E-state index < -0.39 is 0 Å². The maximum absolute atomic E-state index is 5.92. The summed E-state index contributed by atoms with van der Waals surface area (Å²) in [6.07, 6.45) is 0. The van der Waals surface area contributed by atoms with E-state index in [2.05, 4.69) is 25.0 Å². The van der Waals surface area contributed by atoms with Crippen molar-refractivity contribution in [1.82, 2.24) is 24.4 Å². The second-order valence-corrected chi connectivity index (χ2v) is 7.11. The molecule has 1 N–H and O–H groups in total. The molecule has 0 bridgehead atoms. The monoisotopic (exact) mass is 412 g/mol. The predicted octanol–water partition coefficient (Wildman–Crippen LogP) is 4.89. The van der Waals surface area contributed by atoms with Gasteiger partial charge in [0.2, 0.25) is 5.13 Å². The largest absolute Gasteiger partial charge is 0.494 e. The number of rotatable bonds is 6. The fourth-order valence-corrected chi connectivity index (χ4v) is 3.38. The average molecular weight is 413 g/mol. The standard InChI is InChI=1S/C19H17ClN6OS/c1-3-27-16-10-8-15(9-11-16)26-12(2)17(23-25-26)18-22-19(28-24-18)21-14-6-4-13(20)5-7-14/h4-11H,3H2,1-2H3,(H,21,22,24). The van der Waals surface area contributed by atoms with Crippen molar-refractivity contribution in [2.75, 3.05) is 11.9 Å². The number of ether oxygens (including phenoxy) is 1. The van der Waals surface area contributed by atoms with Gasteiger partial charge in [0.25, 0.3) is 0 Å². The smallest absolute Gasteiger partial charge is 0.207 e. The third-order valence-corrected chi connectivity index (χ3v) is 4.90. The summed E-state index contributed by atoms with van der Waals surface area (Å²) in [6.45, 7) is 4.53. The zero-order valence-corrected chi connectivity index (χ0v) is 16.8. The Morgan fingerprint density at radius 1 is 1.11 bits per heavy atom. The summed E-state index contributed by atoms with van der Waals surface area (Å²) in [5, 5.41) is 13.1. The van der Waals surface area contributed by atoms with E-state index in [9.17, 15) is 0 Å². The minimum absolute atomic E-state index is 0.538. The Morgan fingerprint density at radius 2 is 1.86 bits per heavy atom. The van der Waals surface area contributed by atoms with Gasteiger partial charge in [-0.3, -0.25) is 0 Å². The van der Waals surface area contributed by atoms with Crippen molar-refractivity contribution in [1.29, 1.82) is 0 Å². The molecular weight excluding hydrogens is 396 g/mol. The van der Waals surface area contributed by atoms with Gasteiger partial charge in [-0.2, -0.15) is 9.36 Å². The Balaban J connectivity index is 1.55. The van der Waals surface area contributed by atoms with Crippen LogP contribution in [0.15, 0.2) is 48.5 Å². The van der Waals surface area contributed by atoms with E-state index in [1.54, 1.807) is 4.68 Å². The molecule has 28 heavy (non-hydrogen) atoms. The first-order valence-corrected chi connectivity index (χ1v) is 9.81. The molecule has 0 aliphatic rings. The molecule has 2 aromatic heterocycles. The molecule has 0 aliphatic heterocycles. The van der Waals surface area contributed by atoms with Crippen LogP contribution in [0.2, 0.25) is 5.02 Å². The van der Waals surface area contributed by atoms with Crippen LogP contribution < -0.4 is 10.1 Å². The van der Waals surface area contributed by atoms with Crippen molar-refractivity contribution < 1.29 is 4.74 Å². The molecule has 7 nitrogen and oxygen atoms in total. The highest BCUT2D eigenvalue weighted by atomic mass is 35.5. The molecule has 4 aromatic rings. The van der Waals surface area contributed by atoms with Gasteiger partial charge in [-0.05, 0) is 62.4 Å². The lowest BCUT2D eigenvalue weighted by molar-refractivity contribution is 0.340. The topological polar surface area (TPSA) is 77.8 Å². The van der Waals surface area contributed by atoms with E-state index in [1.165, 1.54) is 11.5 Å². The fraction of sp³-hybridized carbons (Fsp3) is 0.158. The highest BCUT2D eigenvalue weighted by molar-refractivity contribution is 7.09. The first-order chi connectivity index (χ1) is 13.6. The zero-order valence-electron chi connectivity index (χ0n) is 15.3. The Labute approximate surface area is 171 Å². The molecule has 2 heterocycles. The number of hydrogen-bond donors (Lipinski definition) is 1. The predicted molar refractivity (Wildman–Crippen MR) is 111 cm³/mol. The van der Waals surface area contributed by atoms with Gasteiger partial charge in [0.05, 0.1) is 18.0 Å². The summed E-state index contributed by atoms with van der Waals surface area (Å²) >= 11 is 7.18. The highest BCUT2D eigenvalue weighted by Gasteiger charge is 2.17. The van der Waals surface area contributed by atoms with Crippen LogP contribution in [0.1, 0.15) is 12.6 Å². The van der Waals surface area contributed by atoms with Crippen molar-refractivity contribution in [2.45, 2.75) is 13.8 Å². The SMILES string of the molecule is CCOc1ccc(-n2nnc(-c3nsc(Nc4ccc(Cl)cc4)n3)c2C)cc1. The van der Waals surface area contributed by atoms with Crippen molar-refractivity contribution >= 4 is 34.0 Å². The molecule has 0 fully saturated rings. The van der Waals surface area contributed by atoms with E-state index in [1.807, 2.05) is 62.4 Å². The molecule has 0 amide bonds. The molecule has 0 atom stereocenters. The molecule has 0 radical (unpaired) electrons. The minimum Gasteiger partial charge on any atom is -0.494 e. The summed E-state index contributed by atoms with van der Waals surface area (Å²) in [4.78, 5) is 4.53. The first-order valence-electron chi connectivity index (χ1n) is 8.66. The molecule has 4 rings (SSSR count). The van der Waals surface area contributed by atoms with Crippen LogP contribution in [0.25, 0.3) is 17.2 Å². The summed E-state index contributed by atoms with van der Waals surface area (Å²) in [5.41, 5.74) is 3.30. The summed E-state index contributed by atoms with van der Waals surface area (Å²) < 4.78 is 11.7. The summed E-state index contributed by atoms with van der Waals surface area (Å²) in [6, 6.07) is 15.1. The zero-order chi connectivity index (χ0) is 19.5. The molecule has 0 aliphatic carbocycles. The second-order valence-electron chi connectivity index (χ2n) is 5.92. The lowest BCUT2D eigenvalue weighted by atomic mass is 10.2. The number of benzene rings is 2. The molecule has 0 unspecified atom stereocenters. The maximum Gasteiger partial charge on any atom is 0.207 e. The van der Waals surface area contributed by atoms with Crippen LogP contribution in [-0.4, -0.2) is 31.0 Å². The number of nitrogens with one attached hydrogen (secondary N) is 1. The van der Waals surface area contributed by atoms with Crippen molar-refractivity contribution in [3.8, 4) is 23.0 Å². The Bertz CT molecular complexity index is 1070. The van der Waals surface area contributed by atoms with Crippen molar-refractivity contribution in [3.63, 3.8) is 0 Å². The van der Waals surface area contributed by atoms with E-state index in [4.69, 9.17) is 16.3 Å². The number of anilines is 2. The van der Waals surface area contributed by atoms with E-state index in [0.717, 1.165) is 22.8 Å². The molecule has 0 spiro atoms. The number of aromatic nitrogens is 5. The van der Waals surface area contributed by atoms with Crippen LogP contribution in [0.5, 0.6) is 5.75 Å². The van der Waals surface area contributed by atoms with E-state index >= 15 is 0 Å². The van der Waals surface area contributed by atoms with Crippen LogP contribution in [-0.2, 0) is 0 Å². The highest BCUT2D eigenvalue weighted by Crippen LogP contribution is 2.26. The molecule has 9 heteroatoms. The van der Waals surface area contributed by atoms with Crippen molar-refractivity contribution in [2.24, 2.45) is 0 Å². The van der Waals surface area contributed by atoms with Gasteiger partial charge in [0.15, 0.2) is 11.5 Å². The third kappa shape index (κ3) is 3.83. The van der Waals surface area contributed by atoms with Gasteiger partial charge >= 0.3 is 0 Å². The minimum atomic E-state index is 0.538. The van der Waals surface area contributed by atoms with Gasteiger partial charge in [-0.1, -0.05) is 16.8 Å². The lowest BCUT2D eigenvalue weighted by Crippen LogP contribution is -1.99. The van der Waals surface area contributed by atoms with Gasteiger partial charge in [0, 0.05) is 22.2 Å². The van der Waals surface area contributed by atoms with Gasteiger partial charge in [-0.15, -0.1) is 5.10 Å². The summed E-state index contributed by atoms with van der Waals surface area (Å²) in [5.74, 6) is 1.36. The van der Waals surface area contributed by atoms with Gasteiger partial charge < -0.3 is 10.1 Å². The molecule has 2 aromatic carbocycles. The first kappa shape index (κ1) is 18.4. The Kier molecular flexibility index (Phi) is 5.23. The van der Waals surface area contributed by atoms with E-state index in [-0.39, 0.29) is 0 Å². The van der Waals surface area contributed by atoms with Crippen LogP contribution in [0.4, 0.5) is 10.8 Å². The van der Waals surface area contributed by atoms with Gasteiger partial charge in [0.1, 0.15) is 5.75 Å². The number of nitrogens with zero attached hydrogens (tertiary/aromatic N) is 5. The molecular formula is C19H17ClN6OS. The van der Waals surface area contributed by atoms with Crippen molar-refractivity contribution in [3.05, 3.63) is 59.2 Å². The third-order valence-electron chi connectivity index (χ3n) is 4.02. The average Bonchev–Trinajstić information content (AvgIpc) is 3.31. The molecule has 0 saturated carbocycles. The Morgan fingerprint density at radius 3 is 2.57 bits per heavy atom. The second kappa shape index (κ2) is 7.95. The molecule has 142 valence electrons. The van der Waals surface area contributed by atoms with Crippen LogP contribution >= 0.6 is 23.1 Å². The van der Waals surface area contributed by atoms with E-state index in [0.29, 0.717) is 28.3 Å². The fourth-order valence-electron chi connectivity index (χ4n) is 2.66. The van der Waals surface area contributed by atoms with Crippen LogP contribution in [0.3, 0.4) is 0 Å². The number of hydrogen-bond acceptors (Lipinski definition) is 7. The molecule has 0 saturated heterocycles. The van der Waals surface area contributed by atoms with Gasteiger partial charge in [-0.25, -0.2) is 4.68 Å². The number of halogens is 1. The van der Waals surface area contributed by atoms with Crippen LogP contribution in [0, 0.1) is 6.92 Å². The maximum atomic E-state index is 5.92. The summed E-state index contributed by atoms with van der Waals surface area (Å²) in [7, 11) is 0. The Hall–Kier alpha value is -2.97. The normalized spacial score (nSPS) is 10.8.